The molecule has 0 saturated heterocycles. The van der Waals surface area contributed by atoms with E-state index >= 15 is 0 Å². The summed E-state index contributed by atoms with van der Waals surface area (Å²) in [5, 5.41) is 4.43. The van der Waals surface area contributed by atoms with Crippen LogP contribution in [0.25, 0.3) is 16.9 Å². The Balaban J connectivity index is 1.83. The Labute approximate surface area is 173 Å². The van der Waals surface area contributed by atoms with Gasteiger partial charge in [0.15, 0.2) is 0 Å². The molecule has 2 aliphatic rings. The highest BCUT2D eigenvalue weighted by Crippen LogP contribution is 2.24. The van der Waals surface area contributed by atoms with Crippen molar-refractivity contribution in [1.29, 1.82) is 0 Å². The Hall–Kier alpha value is -3.87. The molecule has 2 aromatic carbocycles. The molecule has 0 aromatic heterocycles. The Kier molecular flexibility index (Phi) is 5.34. The van der Waals surface area contributed by atoms with Crippen molar-refractivity contribution < 1.29 is 14.3 Å². The SMILES string of the molecule is CCOC(=O)c1cn(Cc2ccc(OC)cc2)cc2c(=O)n(-c3ccccc3)nc1-2. The van der Waals surface area contributed by atoms with E-state index in [0.29, 0.717) is 23.5 Å². The molecule has 2 aromatic rings. The number of fused-ring (bicyclic) bond motifs is 1. The fourth-order valence-electron chi connectivity index (χ4n) is 3.30. The first kappa shape index (κ1) is 19.4. The van der Waals surface area contributed by atoms with Crippen LogP contribution in [0.4, 0.5) is 0 Å². The Bertz CT molecular complexity index is 1190. The minimum absolute atomic E-state index is 0.233. The molecule has 0 radical (unpaired) electrons. The summed E-state index contributed by atoms with van der Waals surface area (Å²) in [6, 6.07) is 16.7. The van der Waals surface area contributed by atoms with Crippen molar-refractivity contribution in [3.05, 3.63) is 88.5 Å². The van der Waals surface area contributed by atoms with Crippen LogP contribution in [0, 0.1) is 0 Å². The van der Waals surface area contributed by atoms with Gasteiger partial charge >= 0.3 is 5.97 Å². The summed E-state index contributed by atoms with van der Waals surface area (Å²) in [4.78, 5) is 25.7. The number of methoxy groups -OCH3 is 1. The average Bonchev–Trinajstić information content (AvgIpc) is 3.11. The predicted molar refractivity (Wildman–Crippen MR) is 112 cm³/mol. The van der Waals surface area contributed by atoms with E-state index in [1.54, 1.807) is 43.1 Å². The zero-order chi connectivity index (χ0) is 21.1. The molecule has 7 nitrogen and oxygen atoms in total. The van der Waals surface area contributed by atoms with Crippen molar-refractivity contribution in [2.45, 2.75) is 13.5 Å². The molecule has 0 unspecified atom stereocenters. The molecule has 4 rings (SSSR count). The molecule has 7 heteroatoms. The number of esters is 1. The van der Waals surface area contributed by atoms with Gasteiger partial charge in [-0.25, -0.2) is 4.79 Å². The van der Waals surface area contributed by atoms with Gasteiger partial charge < -0.3 is 14.0 Å². The van der Waals surface area contributed by atoms with Crippen molar-refractivity contribution in [3.8, 4) is 22.7 Å². The van der Waals surface area contributed by atoms with Crippen LogP contribution in [0.2, 0.25) is 0 Å². The Morgan fingerprint density at radius 2 is 1.77 bits per heavy atom. The maximum absolute atomic E-state index is 13.1. The second-order valence-electron chi connectivity index (χ2n) is 6.73. The summed E-state index contributed by atoms with van der Waals surface area (Å²) in [5.41, 5.74) is 2.29. The van der Waals surface area contributed by atoms with Gasteiger partial charge in [0.25, 0.3) is 5.56 Å². The molecule has 0 N–H and O–H groups in total. The summed E-state index contributed by atoms with van der Waals surface area (Å²) in [6.07, 6.45) is 3.39. The van der Waals surface area contributed by atoms with Crippen molar-refractivity contribution >= 4 is 5.97 Å². The number of pyridine rings is 1. The number of carbonyl (C=O) groups excluding carboxylic acids is 1. The lowest BCUT2D eigenvalue weighted by molar-refractivity contribution is 0.0526. The summed E-state index contributed by atoms with van der Waals surface area (Å²) in [7, 11) is 1.61. The summed E-state index contributed by atoms with van der Waals surface area (Å²) < 4.78 is 13.5. The van der Waals surface area contributed by atoms with Crippen LogP contribution in [0.3, 0.4) is 0 Å². The summed E-state index contributed by atoms with van der Waals surface area (Å²) >= 11 is 0. The van der Waals surface area contributed by atoms with Gasteiger partial charge in [0.2, 0.25) is 0 Å². The van der Waals surface area contributed by atoms with Crippen molar-refractivity contribution in [2.24, 2.45) is 0 Å². The third-order valence-corrected chi connectivity index (χ3v) is 4.74. The molecule has 0 atom stereocenters. The first-order valence-corrected chi connectivity index (χ1v) is 9.59. The number of para-hydroxylation sites is 1. The van der Waals surface area contributed by atoms with E-state index < -0.39 is 5.97 Å². The van der Waals surface area contributed by atoms with Crippen LogP contribution >= 0.6 is 0 Å². The minimum Gasteiger partial charge on any atom is -0.497 e. The largest absolute Gasteiger partial charge is 0.497 e. The minimum atomic E-state index is -0.510. The van der Waals surface area contributed by atoms with E-state index in [1.807, 2.05) is 42.5 Å². The van der Waals surface area contributed by atoms with Gasteiger partial charge in [-0.05, 0) is 36.8 Å². The standard InChI is InChI=1S/C23H21N3O4/c1-3-30-23(28)20-15-25(13-16-9-11-18(29-2)12-10-16)14-19-21(20)24-26(22(19)27)17-7-5-4-6-8-17/h4-12,14-15H,3,13H2,1-2H3. The zero-order valence-electron chi connectivity index (χ0n) is 16.7. The molecule has 0 aliphatic carbocycles. The van der Waals surface area contributed by atoms with Crippen molar-refractivity contribution in [3.63, 3.8) is 0 Å². The summed E-state index contributed by atoms with van der Waals surface area (Å²) in [5.74, 6) is 0.252. The third kappa shape index (κ3) is 3.69. The Morgan fingerprint density at radius 3 is 2.43 bits per heavy atom. The highest BCUT2D eigenvalue weighted by atomic mass is 16.5. The van der Waals surface area contributed by atoms with E-state index in [9.17, 15) is 9.59 Å². The topological polar surface area (TPSA) is 75.3 Å². The van der Waals surface area contributed by atoms with E-state index in [-0.39, 0.29) is 17.7 Å². The number of hydrogen-bond donors (Lipinski definition) is 0. The second-order valence-corrected chi connectivity index (χ2v) is 6.73. The first-order chi connectivity index (χ1) is 14.6. The van der Waals surface area contributed by atoms with Crippen LogP contribution in [0.1, 0.15) is 22.8 Å². The molecule has 30 heavy (non-hydrogen) atoms. The maximum atomic E-state index is 13.1. The fourth-order valence-corrected chi connectivity index (χ4v) is 3.30. The molecule has 0 amide bonds. The van der Waals surface area contributed by atoms with Crippen LogP contribution < -0.4 is 10.3 Å². The normalized spacial score (nSPS) is 10.9. The molecular weight excluding hydrogens is 382 g/mol. The van der Waals surface area contributed by atoms with Crippen LogP contribution in [0.5, 0.6) is 5.75 Å². The number of carbonyl (C=O) groups is 1. The highest BCUT2D eigenvalue weighted by molar-refractivity contribution is 5.96. The fraction of sp³-hybridized carbons (Fsp3) is 0.174. The monoisotopic (exact) mass is 403 g/mol. The number of ether oxygens (including phenoxy) is 2. The molecule has 0 saturated carbocycles. The molecular formula is C23H21N3O4. The number of aromatic nitrogens is 3. The lowest BCUT2D eigenvalue weighted by atomic mass is 10.1. The van der Waals surface area contributed by atoms with Gasteiger partial charge in [-0.3, -0.25) is 4.79 Å². The molecule has 0 spiro atoms. The Morgan fingerprint density at radius 1 is 1.03 bits per heavy atom. The lowest BCUT2D eigenvalue weighted by Gasteiger charge is -2.12. The predicted octanol–water partition coefficient (Wildman–Crippen LogP) is 3.37. The molecule has 2 heterocycles. The first-order valence-electron chi connectivity index (χ1n) is 9.59. The van der Waals surface area contributed by atoms with E-state index in [0.717, 1.165) is 11.3 Å². The van der Waals surface area contributed by atoms with Gasteiger partial charge in [0.05, 0.1) is 25.0 Å². The number of nitrogens with zero attached hydrogens (tertiary/aromatic N) is 3. The van der Waals surface area contributed by atoms with Crippen LogP contribution in [-0.2, 0) is 11.3 Å². The zero-order valence-corrected chi connectivity index (χ0v) is 16.7. The van der Waals surface area contributed by atoms with Crippen LogP contribution in [-0.4, -0.2) is 34.0 Å². The van der Waals surface area contributed by atoms with Crippen molar-refractivity contribution in [1.82, 2.24) is 14.3 Å². The average molecular weight is 403 g/mol. The number of rotatable bonds is 6. The van der Waals surface area contributed by atoms with E-state index in [2.05, 4.69) is 5.10 Å². The smallest absolute Gasteiger partial charge is 0.341 e. The molecule has 0 fully saturated rings. The second kappa shape index (κ2) is 8.24. The lowest BCUT2D eigenvalue weighted by Crippen LogP contribution is -2.16. The van der Waals surface area contributed by atoms with E-state index in [4.69, 9.17) is 9.47 Å². The highest BCUT2D eigenvalue weighted by Gasteiger charge is 2.25. The number of benzene rings is 2. The van der Waals surface area contributed by atoms with E-state index in [1.165, 1.54) is 4.68 Å². The number of hydrogen-bond acceptors (Lipinski definition) is 5. The van der Waals surface area contributed by atoms with Gasteiger partial charge in [0.1, 0.15) is 17.0 Å². The summed E-state index contributed by atoms with van der Waals surface area (Å²) in [6.45, 7) is 2.45. The molecule has 152 valence electrons. The third-order valence-electron chi connectivity index (χ3n) is 4.74. The van der Waals surface area contributed by atoms with Gasteiger partial charge in [-0.2, -0.15) is 9.78 Å². The van der Waals surface area contributed by atoms with Gasteiger partial charge in [-0.15, -0.1) is 0 Å². The quantitative estimate of drug-likeness (QED) is 0.462. The van der Waals surface area contributed by atoms with Crippen molar-refractivity contribution in [2.75, 3.05) is 13.7 Å². The molecule has 0 bridgehead atoms. The molecule has 2 aliphatic heterocycles. The van der Waals surface area contributed by atoms with Gasteiger partial charge in [-0.1, -0.05) is 30.3 Å². The van der Waals surface area contributed by atoms with Crippen LogP contribution in [0.15, 0.2) is 71.8 Å². The van der Waals surface area contributed by atoms with Gasteiger partial charge in [0, 0.05) is 18.9 Å². The maximum Gasteiger partial charge on any atom is 0.341 e.